The number of carbonyl (C=O) groups is 1. The van der Waals surface area contributed by atoms with Crippen LogP contribution in [-0.4, -0.2) is 38.0 Å². The van der Waals surface area contributed by atoms with E-state index in [9.17, 15) is 13.2 Å². The zero-order chi connectivity index (χ0) is 18.0. The van der Waals surface area contributed by atoms with Crippen LogP contribution < -0.4 is 11.1 Å². The van der Waals surface area contributed by atoms with Crippen molar-refractivity contribution in [3.05, 3.63) is 65.7 Å². The maximum Gasteiger partial charge on any atom is 0.312 e. The van der Waals surface area contributed by atoms with Crippen LogP contribution in [0.5, 0.6) is 0 Å². The van der Waals surface area contributed by atoms with Crippen molar-refractivity contribution < 1.29 is 13.2 Å². The molecule has 0 saturated carbocycles. The minimum absolute atomic E-state index is 0.170. The van der Waals surface area contributed by atoms with E-state index in [1.807, 2.05) is 37.3 Å². The second kappa shape index (κ2) is 6.68. The molecule has 2 atom stereocenters. The lowest BCUT2D eigenvalue weighted by atomic mass is 10.1. The van der Waals surface area contributed by atoms with Gasteiger partial charge in [-0.15, -0.1) is 0 Å². The van der Waals surface area contributed by atoms with Crippen molar-refractivity contribution in [1.29, 1.82) is 0 Å². The Balaban J connectivity index is 2.06. The Morgan fingerprint density at radius 2 is 1.76 bits per heavy atom. The Hall–Kier alpha value is -2.67. The van der Waals surface area contributed by atoms with Crippen molar-refractivity contribution in [2.45, 2.75) is 23.1 Å². The van der Waals surface area contributed by atoms with Crippen LogP contribution in [0.15, 0.2) is 64.5 Å². The number of nitrogens with two attached hydrogens (primary N) is 1. The molecule has 3 N–H and O–H groups in total. The first-order valence-corrected chi connectivity index (χ1v) is 9.40. The molecule has 3 rings (SSSR count). The zero-order valence-corrected chi connectivity index (χ0v) is 14.5. The van der Waals surface area contributed by atoms with Crippen molar-refractivity contribution in [3.63, 3.8) is 0 Å². The molecule has 0 saturated heterocycles. The second-order valence-corrected chi connectivity index (χ2v) is 8.05. The maximum absolute atomic E-state index is 13.2. The normalized spacial score (nSPS) is 20.1. The minimum atomic E-state index is -3.75. The number of aliphatic imine (C=N–C) groups is 1. The lowest BCUT2D eigenvalue weighted by Gasteiger charge is -2.22. The molecule has 0 spiro atoms. The van der Waals surface area contributed by atoms with Crippen molar-refractivity contribution in [1.82, 2.24) is 5.32 Å². The lowest BCUT2D eigenvalue weighted by molar-refractivity contribution is 0.246. The standard InChI is InChI=1S/C18H19N3O3S/c1-12-7-9-14(10-8-12)25(23,24)17-15(21-18(19)22)11-20-16(17)13-5-3-2-4-6-13/h2-10,15,17H,11H2,1H3,(H3,19,21,22)/t15-,17+/m0/s1. The third-order valence-corrected chi connectivity index (χ3v) is 6.32. The molecule has 0 radical (unpaired) electrons. The molecule has 130 valence electrons. The van der Waals surface area contributed by atoms with Gasteiger partial charge >= 0.3 is 6.03 Å². The first-order valence-electron chi connectivity index (χ1n) is 7.86. The summed E-state index contributed by atoms with van der Waals surface area (Å²) >= 11 is 0. The fraction of sp³-hybridized carbons (Fsp3) is 0.222. The monoisotopic (exact) mass is 357 g/mol. The number of primary amides is 1. The number of aryl methyl sites for hydroxylation is 1. The fourth-order valence-electron chi connectivity index (χ4n) is 2.98. The van der Waals surface area contributed by atoms with E-state index in [2.05, 4.69) is 10.3 Å². The number of amides is 2. The second-order valence-electron chi connectivity index (χ2n) is 5.99. The molecular formula is C18H19N3O3S. The highest BCUT2D eigenvalue weighted by Crippen LogP contribution is 2.27. The third-order valence-electron chi connectivity index (χ3n) is 4.17. The van der Waals surface area contributed by atoms with Gasteiger partial charge in [-0.3, -0.25) is 4.99 Å². The molecule has 2 aromatic rings. The predicted octanol–water partition coefficient (Wildman–Crippen LogP) is 1.68. The number of nitrogens with zero attached hydrogens (tertiary/aromatic N) is 1. The molecule has 1 aliphatic heterocycles. The van der Waals surface area contributed by atoms with E-state index in [1.54, 1.807) is 24.3 Å². The Bertz CT molecular complexity index is 906. The summed E-state index contributed by atoms with van der Waals surface area (Å²) < 4.78 is 26.5. The predicted molar refractivity (Wildman–Crippen MR) is 96.5 cm³/mol. The average molecular weight is 357 g/mol. The van der Waals surface area contributed by atoms with Crippen LogP contribution in [-0.2, 0) is 9.84 Å². The number of carbonyl (C=O) groups excluding carboxylic acids is 1. The Kier molecular flexibility index (Phi) is 4.59. The number of sulfone groups is 1. The highest BCUT2D eigenvalue weighted by molar-refractivity contribution is 7.93. The van der Waals surface area contributed by atoms with E-state index in [1.165, 1.54) is 0 Å². The fourth-order valence-corrected chi connectivity index (χ4v) is 4.88. The summed E-state index contributed by atoms with van der Waals surface area (Å²) in [6.45, 7) is 2.06. The maximum atomic E-state index is 13.2. The lowest BCUT2D eigenvalue weighted by Crippen LogP contribution is -2.50. The molecule has 0 aliphatic carbocycles. The topological polar surface area (TPSA) is 102 Å². The molecule has 0 unspecified atom stereocenters. The van der Waals surface area contributed by atoms with Gasteiger partial charge in [-0.05, 0) is 24.6 Å². The number of benzene rings is 2. The summed E-state index contributed by atoms with van der Waals surface area (Å²) in [5.41, 5.74) is 7.36. The van der Waals surface area contributed by atoms with Gasteiger partial charge in [0.15, 0.2) is 9.84 Å². The summed E-state index contributed by atoms with van der Waals surface area (Å²) in [7, 11) is -3.75. The van der Waals surface area contributed by atoms with Gasteiger partial charge in [0, 0.05) is 0 Å². The van der Waals surface area contributed by atoms with Crippen LogP contribution in [0.4, 0.5) is 4.79 Å². The van der Waals surface area contributed by atoms with Crippen molar-refractivity contribution in [2.24, 2.45) is 10.7 Å². The third kappa shape index (κ3) is 3.41. The van der Waals surface area contributed by atoms with Crippen molar-refractivity contribution in [2.75, 3.05) is 6.54 Å². The van der Waals surface area contributed by atoms with Crippen LogP contribution in [0.2, 0.25) is 0 Å². The quantitative estimate of drug-likeness (QED) is 0.870. The van der Waals surface area contributed by atoms with Crippen molar-refractivity contribution >= 4 is 21.6 Å². The molecule has 1 heterocycles. The molecule has 2 aromatic carbocycles. The minimum Gasteiger partial charge on any atom is -0.352 e. The van der Waals surface area contributed by atoms with E-state index >= 15 is 0 Å². The number of rotatable bonds is 4. The van der Waals surface area contributed by atoms with Gasteiger partial charge in [0.25, 0.3) is 0 Å². The number of hydrogen-bond donors (Lipinski definition) is 2. The first-order chi connectivity index (χ1) is 11.9. The summed E-state index contributed by atoms with van der Waals surface area (Å²) in [5.74, 6) is 0. The molecule has 6 nitrogen and oxygen atoms in total. The van der Waals surface area contributed by atoms with Crippen molar-refractivity contribution in [3.8, 4) is 0 Å². The molecule has 2 amide bonds. The van der Waals surface area contributed by atoms with E-state index in [-0.39, 0.29) is 11.4 Å². The summed E-state index contributed by atoms with van der Waals surface area (Å²) in [6, 6.07) is 14.3. The van der Waals surface area contributed by atoms with Gasteiger partial charge in [0.1, 0.15) is 5.25 Å². The van der Waals surface area contributed by atoms with Gasteiger partial charge < -0.3 is 11.1 Å². The summed E-state index contributed by atoms with van der Waals surface area (Å²) in [5, 5.41) is 1.54. The smallest absolute Gasteiger partial charge is 0.312 e. The molecule has 1 aliphatic rings. The Morgan fingerprint density at radius 1 is 1.12 bits per heavy atom. The van der Waals surface area contributed by atoms with Crippen LogP contribution in [0, 0.1) is 6.92 Å². The van der Waals surface area contributed by atoms with E-state index in [4.69, 9.17) is 5.73 Å². The molecular weight excluding hydrogens is 338 g/mol. The van der Waals surface area contributed by atoms with Gasteiger partial charge in [-0.2, -0.15) is 0 Å². The van der Waals surface area contributed by atoms with Crippen LogP contribution >= 0.6 is 0 Å². The van der Waals surface area contributed by atoms with Gasteiger partial charge in [0.05, 0.1) is 23.2 Å². The SMILES string of the molecule is Cc1ccc(S(=O)(=O)[C@H]2C(c3ccccc3)=NC[C@@H]2NC(N)=O)cc1. The van der Waals surface area contributed by atoms with E-state index in [0.717, 1.165) is 11.1 Å². The highest BCUT2D eigenvalue weighted by Gasteiger charge is 2.43. The van der Waals surface area contributed by atoms with Crippen LogP contribution in [0.25, 0.3) is 0 Å². The molecule has 0 fully saturated rings. The van der Waals surface area contributed by atoms with Gasteiger partial charge in [0.2, 0.25) is 0 Å². The summed E-state index contributed by atoms with van der Waals surface area (Å²) in [4.78, 5) is 15.9. The molecule has 7 heteroatoms. The molecule has 25 heavy (non-hydrogen) atoms. The zero-order valence-electron chi connectivity index (χ0n) is 13.7. The van der Waals surface area contributed by atoms with Gasteiger partial charge in [-0.1, -0.05) is 48.0 Å². The average Bonchev–Trinajstić information content (AvgIpc) is 2.99. The largest absolute Gasteiger partial charge is 0.352 e. The molecule has 0 bridgehead atoms. The van der Waals surface area contributed by atoms with E-state index < -0.39 is 27.2 Å². The van der Waals surface area contributed by atoms with Gasteiger partial charge in [-0.25, -0.2) is 13.2 Å². The Labute approximate surface area is 146 Å². The number of nitrogens with one attached hydrogen (secondary N) is 1. The van der Waals surface area contributed by atoms with Crippen LogP contribution in [0.3, 0.4) is 0 Å². The van der Waals surface area contributed by atoms with Crippen LogP contribution in [0.1, 0.15) is 11.1 Å². The first kappa shape index (κ1) is 17.2. The summed E-state index contributed by atoms with van der Waals surface area (Å²) in [6.07, 6.45) is 0. The number of hydrogen-bond acceptors (Lipinski definition) is 4. The Morgan fingerprint density at radius 3 is 2.36 bits per heavy atom. The highest BCUT2D eigenvalue weighted by atomic mass is 32.2. The number of urea groups is 1. The van der Waals surface area contributed by atoms with E-state index in [0.29, 0.717) is 5.71 Å². The molecule has 0 aromatic heterocycles.